The standard InChI is InChI=1S/C22H24FN3O2/c23-16-9-11-17(12-10-16)25-22(28)26-19-7-4-8-20(26)14-18(13-19)24-21(27)15-5-2-1-3-6-15/h1-3,5-6,9-12,18-20H,4,7-8,13-14H2,(H,24,27)(H,25,28)/t19-,20-/m1/s1. The highest BCUT2D eigenvalue weighted by atomic mass is 19.1. The monoisotopic (exact) mass is 381 g/mol. The largest absolute Gasteiger partial charge is 0.349 e. The van der Waals surface area contributed by atoms with E-state index in [2.05, 4.69) is 10.6 Å². The maximum atomic E-state index is 13.1. The van der Waals surface area contributed by atoms with Crippen LogP contribution >= 0.6 is 0 Å². The number of carbonyl (C=O) groups excluding carboxylic acids is 2. The van der Waals surface area contributed by atoms with Gasteiger partial charge >= 0.3 is 6.03 Å². The number of rotatable bonds is 3. The van der Waals surface area contributed by atoms with Gasteiger partial charge in [0, 0.05) is 29.4 Å². The molecule has 0 radical (unpaired) electrons. The lowest BCUT2D eigenvalue weighted by Gasteiger charge is -2.48. The van der Waals surface area contributed by atoms with Crippen molar-refractivity contribution >= 4 is 17.6 Å². The van der Waals surface area contributed by atoms with E-state index in [-0.39, 0.29) is 35.9 Å². The molecule has 5 nitrogen and oxygen atoms in total. The van der Waals surface area contributed by atoms with E-state index < -0.39 is 0 Å². The molecule has 3 amide bonds. The smallest absolute Gasteiger partial charge is 0.322 e. The second-order valence-electron chi connectivity index (χ2n) is 7.59. The number of anilines is 1. The van der Waals surface area contributed by atoms with Crippen LogP contribution in [0.5, 0.6) is 0 Å². The third kappa shape index (κ3) is 4.01. The molecule has 4 rings (SSSR count). The van der Waals surface area contributed by atoms with Crippen molar-refractivity contribution in [3.63, 3.8) is 0 Å². The second-order valence-corrected chi connectivity index (χ2v) is 7.59. The zero-order valence-corrected chi connectivity index (χ0v) is 15.6. The van der Waals surface area contributed by atoms with E-state index in [9.17, 15) is 14.0 Å². The molecule has 0 unspecified atom stereocenters. The van der Waals surface area contributed by atoms with Crippen LogP contribution in [-0.4, -0.2) is 35.0 Å². The van der Waals surface area contributed by atoms with Crippen molar-refractivity contribution in [1.82, 2.24) is 10.2 Å². The van der Waals surface area contributed by atoms with Crippen LogP contribution < -0.4 is 10.6 Å². The summed E-state index contributed by atoms with van der Waals surface area (Å²) in [7, 11) is 0. The summed E-state index contributed by atoms with van der Waals surface area (Å²) in [5, 5.41) is 6.02. The van der Waals surface area contributed by atoms with Crippen molar-refractivity contribution in [1.29, 1.82) is 0 Å². The number of halogens is 1. The minimum absolute atomic E-state index is 0.0621. The van der Waals surface area contributed by atoms with E-state index >= 15 is 0 Å². The minimum Gasteiger partial charge on any atom is -0.349 e. The van der Waals surface area contributed by atoms with Crippen LogP contribution in [0.4, 0.5) is 14.9 Å². The maximum absolute atomic E-state index is 13.1. The predicted octanol–water partition coefficient (Wildman–Crippen LogP) is 4.17. The van der Waals surface area contributed by atoms with E-state index in [1.54, 1.807) is 24.3 Å². The third-order valence-electron chi connectivity index (χ3n) is 5.68. The Morgan fingerprint density at radius 1 is 0.929 bits per heavy atom. The summed E-state index contributed by atoms with van der Waals surface area (Å²) in [6.45, 7) is 0. The molecule has 2 aromatic rings. The van der Waals surface area contributed by atoms with Crippen molar-refractivity contribution in [2.24, 2.45) is 0 Å². The molecule has 0 aliphatic carbocycles. The van der Waals surface area contributed by atoms with Crippen LogP contribution in [0.1, 0.15) is 42.5 Å². The number of piperidine rings is 2. The van der Waals surface area contributed by atoms with Crippen molar-refractivity contribution in [3.8, 4) is 0 Å². The van der Waals surface area contributed by atoms with E-state index in [4.69, 9.17) is 0 Å². The first-order valence-corrected chi connectivity index (χ1v) is 9.81. The quantitative estimate of drug-likeness (QED) is 0.838. The summed E-state index contributed by atoms with van der Waals surface area (Å²) in [6, 6.07) is 15.1. The number of carbonyl (C=O) groups is 2. The van der Waals surface area contributed by atoms with Crippen LogP contribution in [0.2, 0.25) is 0 Å². The first-order valence-electron chi connectivity index (χ1n) is 9.81. The summed E-state index contributed by atoms with van der Waals surface area (Å²) in [5.41, 5.74) is 1.24. The predicted molar refractivity (Wildman–Crippen MR) is 106 cm³/mol. The zero-order chi connectivity index (χ0) is 19.5. The fourth-order valence-electron chi connectivity index (χ4n) is 4.41. The first-order chi connectivity index (χ1) is 13.6. The van der Waals surface area contributed by atoms with Crippen LogP contribution in [0, 0.1) is 5.82 Å². The molecule has 146 valence electrons. The number of hydrogen-bond acceptors (Lipinski definition) is 2. The third-order valence-corrected chi connectivity index (χ3v) is 5.68. The van der Waals surface area contributed by atoms with Gasteiger partial charge in [-0.05, 0) is 68.5 Å². The summed E-state index contributed by atoms with van der Waals surface area (Å²) >= 11 is 0. The summed E-state index contributed by atoms with van der Waals surface area (Å²) in [6.07, 6.45) is 4.48. The SMILES string of the molecule is O=C(NC1C[C@H]2CCC[C@H](C1)N2C(=O)Nc1ccc(F)cc1)c1ccccc1. The topological polar surface area (TPSA) is 61.4 Å². The van der Waals surface area contributed by atoms with Gasteiger partial charge in [-0.1, -0.05) is 18.2 Å². The molecular weight excluding hydrogens is 357 g/mol. The fourth-order valence-corrected chi connectivity index (χ4v) is 4.41. The van der Waals surface area contributed by atoms with Crippen LogP contribution in [-0.2, 0) is 0 Å². The van der Waals surface area contributed by atoms with Gasteiger partial charge in [-0.25, -0.2) is 9.18 Å². The first kappa shape index (κ1) is 18.5. The lowest BCUT2D eigenvalue weighted by Crippen LogP contribution is -2.59. The molecule has 0 spiro atoms. The normalized spacial score (nSPS) is 23.8. The molecule has 2 saturated heterocycles. The molecule has 2 aromatic carbocycles. The van der Waals surface area contributed by atoms with Gasteiger partial charge in [0.2, 0.25) is 0 Å². The van der Waals surface area contributed by atoms with Gasteiger partial charge in [0.15, 0.2) is 0 Å². The van der Waals surface area contributed by atoms with Crippen molar-refractivity contribution in [3.05, 3.63) is 66.0 Å². The van der Waals surface area contributed by atoms with Crippen molar-refractivity contribution in [2.45, 2.75) is 50.2 Å². The molecule has 2 fully saturated rings. The molecule has 0 aromatic heterocycles. The molecule has 2 aliphatic heterocycles. The molecule has 0 saturated carbocycles. The van der Waals surface area contributed by atoms with Gasteiger partial charge in [-0.15, -0.1) is 0 Å². The lowest BCUT2D eigenvalue weighted by atomic mass is 9.82. The number of fused-ring (bicyclic) bond motifs is 2. The summed E-state index contributed by atoms with van der Waals surface area (Å²) in [5.74, 6) is -0.391. The lowest BCUT2D eigenvalue weighted by molar-refractivity contribution is 0.0577. The van der Waals surface area contributed by atoms with Crippen molar-refractivity contribution < 1.29 is 14.0 Å². The number of urea groups is 1. The van der Waals surface area contributed by atoms with Gasteiger partial charge in [-0.3, -0.25) is 4.79 Å². The average molecular weight is 381 g/mol. The second kappa shape index (κ2) is 8.00. The van der Waals surface area contributed by atoms with E-state index in [0.717, 1.165) is 32.1 Å². The maximum Gasteiger partial charge on any atom is 0.322 e. The molecule has 2 heterocycles. The summed E-state index contributed by atoms with van der Waals surface area (Å²) < 4.78 is 13.1. The number of benzene rings is 2. The highest BCUT2D eigenvalue weighted by Gasteiger charge is 2.41. The van der Waals surface area contributed by atoms with Crippen LogP contribution in [0.25, 0.3) is 0 Å². The number of amides is 3. The van der Waals surface area contributed by atoms with E-state index in [1.165, 1.54) is 12.1 Å². The van der Waals surface area contributed by atoms with Gasteiger partial charge in [0.25, 0.3) is 5.91 Å². The van der Waals surface area contributed by atoms with Gasteiger partial charge in [-0.2, -0.15) is 0 Å². The van der Waals surface area contributed by atoms with E-state index in [1.807, 2.05) is 23.1 Å². The molecule has 2 atom stereocenters. The van der Waals surface area contributed by atoms with Gasteiger partial charge in [0.1, 0.15) is 5.82 Å². The Kier molecular flexibility index (Phi) is 5.28. The highest BCUT2D eigenvalue weighted by Crippen LogP contribution is 2.34. The fraction of sp³-hybridized carbons (Fsp3) is 0.364. The van der Waals surface area contributed by atoms with Gasteiger partial charge < -0.3 is 15.5 Å². The van der Waals surface area contributed by atoms with E-state index in [0.29, 0.717) is 11.3 Å². The Hall–Kier alpha value is -2.89. The molecule has 2 aliphatic rings. The Morgan fingerprint density at radius 2 is 1.57 bits per heavy atom. The molecule has 2 N–H and O–H groups in total. The summed E-state index contributed by atoms with van der Waals surface area (Å²) in [4.78, 5) is 27.3. The highest BCUT2D eigenvalue weighted by molar-refractivity contribution is 5.94. The number of nitrogens with one attached hydrogen (secondary N) is 2. The van der Waals surface area contributed by atoms with Crippen molar-refractivity contribution in [2.75, 3.05) is 5.32 Å². The van der Waals surface area contributed by atoms with Crippen LogP contribution in [0.3, 0.4) is 0 Å². The average Bonchev–Trinajstić information content (AvgIpc) is 2.69. The van der Waals surface area contributed by atoms with Gasteiger partial charge in [0.05, 0.1) is 0 Å². The number of nitrogens with zero attached hydrogens (tertiary/aromatic N) is 1. The zero-order valence-electron chi connectivity index (χ0n) is 15.6. The molecular formula is C22H24FN3O2. The number of hydrogen-bond donors (Lipinski definition) is 2. The molecule has 2 bridgehead atoms. The minimum atomic E-state index is -0.329. The molecule has 28 heavy (non-hydrogen) atoms. The Balaban J connectivity index is 1.41. The Morgan fingerprint density at radius 3 is 2.21 bits per heavy atom. The molecule has 6 heteroatoms. The Labute approximate surface area is 163 Å². The van der Waals surface area contributed by atoms with Crippen LogP contribution in [0.15, 0.2) is 54.6 Å². The Bertz CT molecular complexity index is 827.